The van der Waals surface area contributed by atoms with Gasteiger partial charge in [-0.25, -0.2) is 4.99 Å². The van der Waals surface area contributed by atoms with Crippen LogP contribution in [0.3, 0.4) is 0 Å². The molecule has 24 heavy (non-hydrogen) atoms. The van der Waals surface area contributed by atoms with Crippen LogP contribution in [0.2, 0.25) is 0 Å². The molecule has 2 rings (SSSR count). The number of anilines is 1. The molecule has 0 aliphatic rings. The summed E-state index contributed by atoms with van der Waals surface area (Å²) >= 11 is 0. The number of hydrogen-bond acceptors (Lipinski definition) is 3. The lowest BCUT2D eigenvalue weighted by atomic mass is 10.2. The van der Waals surface area contributed by atoms with Gasteiger partial charge in [0.1, 0.15) is 6.61 Å². The van der Waals surface area contributed by atoms with E-state index < -0.39 is 0 Å². The molecular weight excluding hydrogens is 302 g/mol. The van der Waals surface area contributed by atoms with Gasteiger partial charge >= 0.3 is 0 Å². The van der Waals surface area contributed by atoms with Crippen molar-refractivity contribution in [2.24, 2.45) is 10.7 Å². The van der Waals surface area contributed by atoms with E-state index in [1.807, 2.05) is 49.4 Å². The molecule has 0 atom stereocenters. The van der Waals surface area contributed by atoms with Crippen LogP contribution in [0.15, 0.2) is 47.5 Å². The first kappa shape index (κ1) is 17.2. The van der Waals surface area contributed by atoms with Crippen molar-refractivity contribution >= 4 is 11.6 Å². The van der Waals surface area contributed by atoms with Gasteiger partial charge in [-0.1, -0.05) is 29.7 Å². The van der Waals surface area contributed by atoms with Crippen molar-refractivity contribution in [2.75, 3.05) is 19.0 Å². The van der Waals surface area contributed by atoms with E-state index in [0.717, 1.165) is 11.3 Å². The third-order valence-electron chi connectivity index (χ3n) is 3.29. The lowest BCUT2D eigenvalue weighted by Crippen LogP contribution is -2.22. The first-order chi connectivity index (χ1) is 11.6. The summed E-state index contributed by atoms with van der Waals surface area (Å²) in [6.07, 6.45) is 5.22. The molecule has 5 heteroatoms. The van der Waals surface area contributed by atoms with Crippen LogP contribution in [0.4, 0.5) is 5.69 Å². The molecule has 0 aliphatic heterocycles. The van der Waals surface area contributed by atoms with Crippen LogP contribution < -0.4 is 20.5 Å². The zero-order valence-corrected chi connectivity index (χ0v) is 13.9. The summed E-state index contributed by atoms with van der Waals surface area (Å²) in [5, 5.41) is 3.06. The number of rotatable bonds is 6. The lowest BCUT2D eigenvalue weighted by Gasteiger charge is -2.10. The summed E-state index contributed by atoms with van der Waals surface area (Å²) in [5.74, 6) is 4.00. The van der Waals surface area contributed by atoms with E-state index in [0.29, 0.717) is 24.0 Å². The average Bonchev–Trinajstić information content (AvgIpc) is 2.60. The fraction of sp³-hybridized carbons (Fsp3) is 0.211. The number of aryl methyl sites for hydroxylation is 1. The molecule has 0 fully saturated rings. The van der Waals surface area contributed by atoms with Crippen molar-refractivity contribution in [3.63, 3.8) is 0 Å². The van der Waals surface area contributed by atoms with Gasteiger partial charge in [0.05, 0.1) is 13.7 Å². The maximum atomic E-state index is 5.92. The van der Waals surface area contributed by atoms with Crippen molar-refractivity contribution in [2.45, 2.75) is 13.5 Å². The highest BCUT2D eigenvalue weighted by Crippen LogP contribution is 2.28. The van der Waals surface area contributed by atoms with Gasteiger partial charge in [-0.3, -0.25) is 0 Å². The number of methoxy groups -OCH3 is 1. The Hall–Kier alpha value is -3.13. The summed E-state index contributed by atoms with van der Waals surface area (Å²) in [6.45, 7) is 2.63. The van der Waals surface area contributed by atoms with Crippen LogP contribution in [-0.2, 0) is 6.54 Å². The zero-order chi connectivity index (χ0) is 17.4. The predicted molar refractivity (Wildman–Crippen MR) is 97.5 cm³/mol. The Balaban J connectivity index is 2.04. The number of ether oxygens (including phenoxy) is 2. The lowest BCUT2D eigenvalue weighted by molar-refractivity contribution is 0.330. The molecule has 3 N–H and O–H groups in total. The molecular formula is C19H21N3O2. The smallest absolute Gasteiger partial charge is 0.193 e. The van der Waals surface area contributed by atoms with E-state index in [2.05, 4.69) is 16.2 Å². The highest BCUT2D eigenvalue weighted by Gasteiger charge is 2.05. The van der Waals surface area contributed by atoms with Gasteiger partial charge in [-0.15, -0.1) is 6.42 Å². The number of aliphatic imine (C=N–C) groups is 1. The first-order valence-corrected chi connectivity index (χ1v) is 7.49. The van der Waals surface area contributed by atoms with E-state index in [-0.39, 0.29) is 6.61 Å². The van der Waals surface area contributed by atoms with Crippen LogP contribution in [0, 0.1) is 19.3 Å². The summed E-state index contributed by atoms with van der Waals surface area (Å²) in [7, 11) is 1.58. The zero-order valence-electron chi connectivity index (χ0n) is 13.9. The van der Waals surface area contributed by atoms with Gasteiger partial charge < -0.3 is 20.5 Å². The molecule has 124 valence electrons. The summed E-state index contributed by atoms with van der Waals surface area (Å²) in [4.78, 5) is 4.34. The fourth-order valence-corrected chi connectivity index (χ4v) is 2.05. The van der Waals surface area contributed by atoms with Crippen molar-refractivity contribution < 1.29 is 9.47 Å². The summed E-state index contributed by atoms with van der Waals surface area (Å²) in [6, 6.07) is 13.5. The first-order valence-electron chi connectivity index (χ1n) is 7.49. The number of benzene rings is 2. The molecule has 0 saturated carbocycles. The number of nitrogens with one attached hydrogen (secondary N) is 1. The highest BCUT2D eigenvalue weighted by molar-refractivity contribution is 5.92. The molecule has 0 heterocycles. The van der Waals surface area contributed by atoms with Crippen LogP contribution in [-0.4, -0.2) is 19.7 Å². The van der Waals surface area contributed by atoms with Gasteiger partial charge in [0.2, 0.25) is 0 Å². The minimum absolute atomic E-state index is 0.181. The Labute approximate surface area is 142 Å². The van der Waals surface area contributed by atoms with Crippen LogP contribution >= 0.6 is 0 Å². The van der Waals surface area contributed by atoms with Gasteiger partial charge in [0.25, 0.3) is 0 Å². The SMILES string of the molecule is C#CCOc1cc(CN=C(N)Nc2ccc(C)cc2)ccc1OC. The largest absolute Gasteiger partial charge is 0.493 e. The van der Waals surface area contributed by atoms with Gasteiger partial charge in [-0.2, -0.15) is 0 Å². The second-order valence-electron chi connectivity index (χ2n) is 5.17. The monoisotopic (exact) mass is 323 g/mol. The number of hydrogen-bond donors (Lipinski definition) is 2. The highest BCUT2D eigenvalue weighted by atomic mass is 16.5. The van der Waals surface area contributed by atoms with E-state index in [1.54, 1.807) is 7.11 Å². The molecule has 0 aliphatic carbocycles. The van der Waals surface area contributed by atoms with Crippen molar-refractivity contribution in [1.29, 1.82) is 0 Å². The molecule has 0 spiro atoms. The predicted octanol–water partition coefficient (Wildman–Crippen LogP) is 2.94. The van der Waals surface area contributed by atoms with Crippen molar-refractivity contribution in [3.8, 4) is 23.8 Å². The third kappa shape index (κ3) is 4.96. The normalized spacial score (nSPS) is 10.8. The van der Waals surface area contributed by atoms with Crippen molar-refractivity contribution in [1.82, 2.24) is 0 Å². The molecule has 5 nitrogen and oxygen atoms in total. The molecule has 0 saturated heterocycles. The van der Waals surface area contributed by atoms with E-state index >= 15 is 0 Å². The second kappa shape index (κ2) is 8.49. The minimum atomic E-state index is 0.181. The quantitative estimate of drug-likeness (QED) is 0.487. The third-order valence-corrected chi connectivity index (χ3v) is 3.29. The van der Waals surface area contributed by atoms with Crippen LogP contribution in [0.1, 0.15) is 11.1 Å². The Kier molecular flexibility index (Phi) is 6.09. The topological polar surface area (TPSA) is 68.9 Å². The average molecular weight is 323 g/mol. The Morgan fingerprint density at radius 3 is 2.62 bits per heavy atom. The fourth-order valence-electron chi connectivity index (χ4n) is 2.05. The summed E-state index contributed by atoms with van der Waals surface area (Å²) in [5.41, 5.74) is 8.95. The minimum Gasteiger partial charge on any atom is -0.493 e. The van der Waals surface area contributed by atoms with Crippen molar-refractivity contribution in [3.05, 3.63) is 53.6 Å². The number of nitrogens with zero attached hydrogens (tertiary/aromatic N) is 1. The molecule has 0 unspecified atom stereocenters. The number of nitrogens with two attached hydrogens (primary N) is 1. The standard InChI is InChI=1S/C19H21N3O2/c1-4-11-24-18-12-15(7-10-17(18)23-3)13-21-19(20)22-16-8-5-14(2)6-9-16/h1,5-10,12H,11,13H2,2-3H3,(H3,20,21,22). The van der Waals surface area contributed by atoms with Crippen LogP contribution in [0.5, 0.6) is 11.5 Å². The van der Waals surface area contributed by atoms with Gasteiger partial charge in [0.15, 0.2) is 17.5 Å². The molecule has 0 bridgehead atoms. The van der Waals surface area contributed by atoms with E-state index in [9.17, 15) is 0 Å². The second-order valence-corrected chi connectivity index (χ2v) is 5.17. The van der Waals surface area contributed by atoms with Crippen LogP contribution in [0.25, 0.3) is 0 Å². The summed E-state index contributed by atoms with van der Waals surface area (Å²) < 4.78 is 10.7. The Morgan fingerprint density at radius 1 is 1.21 bits per heavy atom. The van der Waals surface area contributed by atoms with Gasteiger partial charge in [0, 0.05) is 5.69 Å². The number of guanidine groups is 1. The molecule has 0 aromatic heterocycles. The van der Waals surface area contributed by atoms with E-state index in [4.69, 9.17) is 21.6 Å². The molecule has 2 aromatic rings. The molecule has 2 aromatic carbocycles. The Morgan fingerprint density at radius 2 is 1.96 bits per heavy atom. The van der Waals surface area contributed by atoms with Gasteiger partial charge in [-0.05, 0) is 36.8 Å². The number of terminal acetylenes is 1. The maximum Gasteiger partial charge on any atom is 0.193 e. The Bertz CT molecular complexity index is 746. The molecule has 0 amide bonds. The van der Waals surface area contributed by atoms with E-state index in [1.165, 1.54) is 5.56 Å². The molecule has 0 radical (unpaired) electrons. The maximum absolute atomic E-state index is 5.92.